The first-order chi connectivity index (χ1) is 12.2. The summed E-state index contributed by atoms with van der Waals surface area (Å²) in [6, 6.07) is 11.2. The summed E-state index contributed by atoms with van der Waals surface area (Å²) >= 11 is 0. The molecule has 0 atom stereocenters. The number of amides is 1. The predicted octanol–water partition coefficient (Wildman–Crippen LogP) is 2.88. The lowest BCUT2D eigenvalue weighted by Gasteiger charge is -2.30. The van der Waals surface area contributed by atoms with Gasteiger partial charge in [-0.15, -0.1) is 0 Å². The summed E-state index contributed by atoms with van der Waals surface area (Å²) in [5, 5.41) is 0. The van der Waals surface area contributed by atoms with Gasteiger partial charge in [-0.25, -0.2) is 0 Å². The largest absolute Gasteiger partial charge is 0.489 e. The van der Waals surface area contributed by atoms with Gasteiger partial charge in [0.2, 0.25) is 0 Å². The molecule has 0 saturated carbocycles. The molecule has 0 N–H and O–H groups in total. The number of methoxy groups -OCH3 is 1. The van der Waals surface area contributed by atoms with Gasteiger partial charge in [0.25, 0.3) is 5.91 Å². The molecule has 1 aromatic carbocycles. The van der Waals surface area contributed by atoms with E-state index in [1.54, 1.807) is 11.0 Å². The van der Waals surface area contributed by atoms with Crippen LogP contribution in [-0.2, 0) is 16.1 Å². The Bertz CT molecular complexity index is 716. The van der Waals surface area contributed by atoms with E-state index in [0.717, 1.165) is 5.75 Å². The number of hydrogen-bond acceptors (Lipinski definition) is 5. The maximum absolute atomic E-state index is 12.7. The molecule has 1 saturated heterocycles. The van der Waals surface area contributed by atoms with E-state index in [2.05, 4.69) is 0 Å². The average molecular weight is 343 g/mol. The molecule has 1 aliphatic heterocycles. The molecule has 6 heteroatoms. The highest BCUT2D eigenvalue weighted by atomic mass is 16.5. The molecule has 0 bridgehead atoms. The molecular weight excluding hydrogens is 322 g/mol. The predicted molar refractivity (Wildman–Crippen MR) is 90.1 cm³/mol. The van der Waals surface area contributed by atoms with Crippen molar-refractivity contribution in [3.63, 3.8) is 0 Å². The van der Waals surface area contributed by atoms with Crippen molar-refractivity contribution in [3.8, 4) is 5.75 Å². The van der Waals surface area contributed by atoms with E-state index >= 15 is 0 Å². The van der Waals surface area contributed by atoms with Crippen molar-refractivity contribution in [1.82, 2.24) is 4.90 Å². The first kappa shape index (κ1) is 17.1. The average Bonchev–Trinajstić information content (AvgIpc) is 3.14. The van der Waals surface area contributed by atoms with Crippen molar-refractivity contribution in [2.45, 2.75) is 19.4 Å². The van der Waals surface area contributed by atoms with Crippen LogP contribution >= 0.6 is 0 Å². The van der Waals surface area contributed by atoms with Gasteiger partial charge in [-0.05, 0) is 31.0 Å². The van der Waals surface area contributed by atoms with Gasteiger partial charge in [0, 0.05) is 18.7 Å². The lowest BCUT2D eigenvalue weighted by Crippen LogP contribution is -2.40. The lowest BCUT2D eigenvalue weighted by molar-refractivity contribution is -0.146. The van der Waals surface area contributed by atoms with Crippen LogP contribution in [0.25, 0.3) is 0 Å². The van der Waals surface area contributed by atoms with Crippen molar-refractivity contribution >= 4 is 11.9 Å². The number of esters is 1. The molecule has 1 aromatic heterocycles. The highest BCUT2D eigenvalue weighted by Gasteiger charge is 2.30. The number of likely N-dealkylation sites (tertiary alicyclic amines) is 1. The van der Waals surface area contributed by atoms with Crippen LogP contribution in [0.5, 0.6) is 5.75 Å². The van der Waals surface area contributed by atoms with Crippen LogP contribution in [0.15, 0.2) is 47.1 Å². The molecule has 6 nitrogen and oxygen atoms in total. The molecule has 132 valence electrons. The van der Waals surface area contributed by atoms with Gasteiger partial charge in [-0.1, -0.05) is 18.2 Å². The quantitative estimate of drug-likeness (QED) is 0.781. The highest BCUT2D eigenvalue weighted by molar-refractivity contribution is 5.93. The summed E-state index contributed by atoms with van der Waals surface area (Å²) in [6.07, 6.45) is 2.71. The van der Waals surface area contributed by atoms with E-state index in [0.29, 0.717) is 37.3 Å². The molecule has 0 radical (unpaired) electrons. The number of nitrogens with zero attached hydrogens (tertiary/aromatic N) is 1. The Labute approximate surface area is 146 Å². The van der Waals surface area contributed by atoms with Gasteiger partial charge in [-0.3, -0.25) is 9.59 Å². The molecule has 3 rings (SSSR count). The van der Waals surface area contributed by atoms with E-state index in [-0.39, 0.29) is 24.4 Å². The number of para-hydroxylation sites is 1. The monoisotopic (exact) mass is 343 g/mol. The molecule has 0 spiro atoms. The third kappa shape index (κ3) is 4.02. The number of benzene rings is 1. The zero-order chi connectivity index (χ0) is 17.6. The number of carbonyl (C=O) groups is 2. The summed E-state index contributed by atoms with van der Waals surface area (Å²) in [6.45, 7) is 1.29. The van der Waals surface area contributed by atoms with E-state index < -0.39 is 0 Å². The third-order valence-corrected chi connectivity index (χ3v) is 4.40. The van der Waals surface area contributed by atoms with Crippen molar-refractivity contribution in [1.29, 1.82) is 0 Å². The van der Waals surface area contributed by atoms with Crippen LogP contribution in [0.2, 0.25) is 0 Å². The first-order valence-corrected chi connectivity index (χ1v) is 8.30. The Hall–Kier alpha value is -2.76. The van der Waals surface area contributed by atoms with E-state index in [1.165, 1.54) is 13.4 Å². The van der Waals surface area contributed by atoms with Gasteiger partial charge in [0.05, 0.1) is 19.3 Å². The van der Waals surface area contributed by atoms with E-state index in [4.69, 9.17) is 13.9 Å². The van der Waals surface area contributed by atoms with Crippen LogP contribution in [0.3, 0.4) is 0 Å². The fourth-order valence-electron chi connectivity index (χ4n) is 2.94. The highest BCUT2D eigenvalue weighted by Crippen LogP contribution is 2.22. The number of ether oxygens (including phenoxy) is 2. The molecule has 0 unspecified atom stereocenters. The van der Waals surface area contributed by atoms with Crippen LogP contribution < -0.4 is 4.74 Å². The van der Waals surface area contributed by atoms with Crippen LogP contribution in [0, 0.1) is 5.92 Å². The number of hydrogen-bond donors (Lipinski definition) is 0. The van der Waals surface area contributed by atoms with Crippen molar-refractivity contribution in [3.05, 3.63) is 54.0 Å². The third-order valence-electron chi connectivity index (χ3n) is 4.40. The minimum Gasteiger partial charge on any atom is -0.489 e. The second-order valence-corrected chi connectivity index (χ2v) is 5.97. The van der Waals surface area contributed by atoms with Gasteiger partial charge >= 0.3 is 5.97 Å². The Balaban J connectivity index is 1.60. The van der Waals surface area contributed by atoms with Gasteiger partial charge in [0.1, 0.15) is 12.4 Å². The van der Waals surface area contributed by atoms with Crippen LogP contribution in [-0.4, -0.2) is 37.0 Å². The van der Waals surface area contributed by atoms with Crippen molar-refractivity contribution < 1.29 is 23.5 Å². The zero-order valence-corrected chi connectivity index (χ0v) is 14.1. The molecule has 2 heterocycles. The summed E-state index contributed by atoms with van der Waals surface area (Å²) in [4.78, 5) is 26.0. The normalized spacial score (nSPS) is 15.0. The standard InChI is InChI=1S/C19H21NO5/c1-23-19(22)14-7-10-20(11-8-14)18(21)17-15(9-12-24-17)13-25-16-5-3-2-4-6-16/h2-6,9,12,14H,7-8,10-11,13H2,1H3. The summed E-state index contributed by atoms with van der Waals surface area (Å²) < 4.78 is 15.9. The molecular formula is C19H21NO5. The fourth-order valence-corrected chi connectivity index (χ4v) is 2.94. The van der Waals surface area contributed by atoms with E-state index in [9.17, 15) is 9.59 Å². The summed E-state index contributed by atoms with van der Waals surface area (Å²) in [5.74, 6) is 0.530. The number of rotatable bonds is 5. The van der Waals surface area contributed by atoms with E-state index in [1.807, 2.05) is 30.3 Å². The molecule has 0 aliphatic carbocycles. The van der Waals surface area contributed by atoms with Crippen molar-refractivity contribution in [2.75, 3.05) is 20.2 Å². The van der Waals surface area contributed by atoms with Crippen molar-refractivity contribution in [2.24, 2.45) is 5.92 Å². The van der Waals surface area contributed by atoms with Crippen LogP contribution in [0.1, 0.15) is 29.0 Å². The summed E-state index contributed by atoms with van der Waals surface area (Å²) in [5.41, 5.74) is 0.712. The number of furan rings is 1. The topological polar surface area (TPSA) is 69.0 Å². The molecule has 2 aromatic rings. The number of carbonyl (C=O) groups excluding carboxylic acids is 2. The fraction of sp³-hybridized carbons (Fsp3) is 0.368. The second kappa shape index (κ2) is 7.88. The Morgan fingerprint density at radius 3 is 2.56 bits per heavy atom. The molecule has 1 amide bonds. The summed E-state index contributed by atoms with van der Waals surface area (Å²) in [7, 11) is 1.39. The van der Waals surface area contributed by atoms with Gasteiger partial charge in [-0.2, -0.15) is 0 Å². The molecule has 25 heavy (non-hydrogen) atoms. The Kier molecular flexibility index (Phi) is 5.38. The number of piperidine rings is 1. The van der Waals surface area contributed by atoms with Crippen LogP contribution in [0.4, 0.5) is 0 Å². The molecule has 1 aliphatic rings. The maximum Gasteiger partial charge on any atom is 0.308 e. The lowest BCUT2D eigenvalue weighted by atomic mass is 9.97. The smallest absolute Gasteiger partial charge is 0.308 e. The Morgan fingerprint density at radius 2 is 1.88 bits per heavy atom. The minimum atomic E-state index is -0.206. The van der Waals surface area contributed by atoms with Gasteiger partial charge < -0.3 is 18.8 Å². The zero-order valence-electron chi connectivity index (χ0n) is 14.1. The minimum absolute atomic E-state index is 0.133. The SMILES string of the molecule is COC(=O)C1CCN(C(=O)c2occc2COc2ccccc2)CC1. The second-order valence-electron chi connectivity index (χ2n) is 5.97. The Morgan fingerprint density at radius 1 is 1.16 bits per heavy atom. The first-order valence-electron chi connectivity index (χ1n) is 8.30. The van der Waals surface area contributed by atoms with Gasteiger partial charge in [0.15, 0.2) is 5.76 Å². The maximum atomic E-state index is 12.7. The molecule has 1 fully saturated rings.